The smallest absolute Gasteiger partial charge is 0.286 e. The first-order chi connectivity index (χ1) is 14.4. The van der Waals surface area contributed by atoms with Crippen LogP contribution in [-0.4, -0.2) is 30.9 Å². The number of anilines is 1. The minimum absolute atomic E-state index is 0.0991. The molecule has 0 spiro atoms. The van der Waals surface area contributed by atoms with Gasteiger partial charge in [0.1, 0.15) is 10.5 Å². The highest BCUT2D eigenvalue weighted by Crippen LogP contribution is 2.55. The summed E-state index contributed by atoms with van der Waals surface area (Å²) in [6.45, 7) is 4.10. The highest BCUT2D eigenvalue weighted by Gasteiger charge is 2.30. The number of rotatable bonds is 5. The van der Waals surface area contributed by atoms with Crippen LogP contribution in [0.3, 0.4) is 0 Å². The van der Waals surface area contributed by atoms with Crippen LogP contribution in [0.25, 0.3) is 10.2 Å². The van der Waals surface area contributed by atoms with Gasteiger partial charge >= 0.3 is 0 Å². The van der Waals surface area contributed by atoms with Gasteiger partial charge in [-0.05, 0) is 42.3 Å². The van der Waals surface area contributed by atoms with Gasteiger partial charge in [-0.1, -0.05) is 36.8 Å². The van der Waals surface area contributed by atoms with Crippen molar-refractivity contribution >= 4 is 50.1 Å². The zero-order chi connectivity index (χ0) is 21.5. The number of pyridine rings is 1. The summed E-state index contributed by atoms with van der Waals surface area (Å²) in [6.07, 6.45) is 3.51. The Labute approximate surface area is 178 Å². The predicted molar refractivity (Wildman–Crippen MR) is 123 cm³/mol. The van der Waals surface area contributed by atoms with Gasteiger partial charge in [-0.25, -0.2) is 0 Å². The third-order valence-electron chi connectivity index (χ3n) is 5.06. The number of hydrogen-bond donors (Lipinski definition) is 4. The van der Waals surface area contributed by atoms with Crippen LogP contribution in [0.5, 0.6) is 5.75 Å². The average molecular weight is 447 g/mol. The first-order valence-corrected chi connectivity index (χ1v) is 11.9. The summed E-state index contributed by atoms with van der Waals surface area (Å²) >= 11 is 1.26. The zero-order valence-electron chi connectivity index (χ0n) is 16.4. The molecule has 1 aliphatic heterocycles. The van der Waals surface area contributed by atoms with Crippen molar-refractivity contribution in [2.75, 3.05) is 5.32 Å². The molecule has 0 amide bonds. The fourth-order valence-electron chi connectivity index (χ4n) is 3.31. The molecule has 4 rings (SSSR count). The Morgan fingerprint density at radius 1 is 1.27 bits per heavy atom. The predicted octanol–water partition coefficient (Wildman–Crippen LogP) is 4.94. The third-order valence-corrected chi connectivity index (χ3v) is 7.36. The van der Waals surface area contributed by atoms with Crippen molar-refractivity contribution < 1.29 is 14.2 Å². The lowest BCUT2D eigenvalue weighted by Crippen LogP contribution is -2.31. The van der Waals surface area contributed by atoms with Gasteiger partial charge in [0, 0.05) is 6.21 Å². The first-order valence-electron chi connectivity index (χ1n) is 9.51. The van der Waals surface area contributed by atoms with E-state index in [4.69, 9.17) is 0 Å². The molecule has 0 saturated heterocycles. The molecule has 3 heterocycles. The highest BCUT2D eigenvalue weighted by atomic mass is 32.3. The largest absolute Gasteiger partial charge is 0.505 e. The normalized spacial score (nSPS) is 16.5. The molecule has 0 saturated carbocycles. The second-order valence-electron chi connectivity index (χ2n) is 6.90. The third kappa shape index (κ3) is 3.41. The number of nitrogens with one attached hydrogen (secondary N) is 1. The second kappa shape index (κ2) is 7.88. The molecular weight excluding hydrogens is 424 g/mol. The molecule has 0 aliphatic carbocycles. The number of amidine groups is 1. The Bertz CT molecular complexity index is 1230. The topological polar surface area (TPSA) is 119 Å². The van der Waals surface area contributed by atoms with Crippen LogP contribution in [0.1, 0.15) is 32.3 Å². The summed E-state index contributed by atoms with van der Waals surface area (Å²) < 4.78 is 26.7. The van der Waals surface area contributed by atoms with E-state index in [0.29, 0.717) is 15.9 Å². The Morgan fingerprint density at radius 2 is 2.00 bits per heavy atom. The molecule has 158 valence electrons. The van der Waals surface area contributed by atoms with Crippen LogP contribution in [0.2, 0.25) is 0 Å². The van der Waals surface area contributed by atoms with Crippen molar-refractivity contribution in [2.45, 2.75) is 31.6 Å². The number of thiophene rings is 1. The summed E-state index contributed by atoms with van der Waals surface area (Å²) in [5.74, 6) is -0.148. The van der Waals surface area contributed by atoms with Gasteiger partial charge in [-0.15, -0.1) is 15.7 Å². The van der Waals surface area contributed by atoms with E-state index in [0.717, 1.165) is 12.8 Å². The standard InChI is InChI=1S/C20H22N4O4S2/c1-3-12(4-2)11-21-24-14-9-10-29-18(14)17(25)16(20(24)26)19-22-13-7-5-6-8-15(13)30(27,28)23-19/h5-12,25,27-28H,3-4H2,1-2H3,(H,22,23). The van der Waals surface area contributed by atoms with Crippen molar-refractivity contribution in [3.8, 4) is 5.75 Å². The molecule has 0 atom stereocenters. The average Bonchev–Trinajstić information content (AvgIpc) is 3.20. The van der Waals surface area contributed by atoms with Crippen LogP contribution < -0.4 is 10.9 Å². The molecule has 0 fully saturated rings. The molecule has 0 radical (unpaired) electrons. The summed E-state index contributed by atoms with van der Waals surface area (Å²) in [7, 11) is -3.53. The van der Waals surface area contributed by atoms with Crippen molar-refractivity contribution in [2.24, 2.45) is 15.4 Å². The lowest BCUT2D eigenvalue weighted by Gasteiger charge is -2.34. The quantitative estimate of drug-likeness (QED) is 0.414. The molecule has 0 bridgehead atoms. The number of fused-ring (bicyclic) bond motifs is 2. The van der Waals surface area contributed by atoms with Gasteiger partial charge in [-0.2, -0.15) is 9.78 Å². The number of benzene rings is 1. The van der Waals surface area contributed by atoms with Gasteiger partial charge in [0.15, 0.2) is 11.6 Å². The van der Waals surface area contributed by atoms with Gasteiger partial charge < -0.3 is 10.4 Å². The molecule has 3 aromatic rings. The molecule has 0 unspecified atom stereocenters. The SMILES string of the molecule is CCC(C=Nn1c(=O)c(C2=NS(O)(O)c3ccccc3N2)c(O)c2sccc21)CC. The molecule has 2 aromatic heterocycles. The highest BCUT2D eigenvalue weighted by molar-refractivity contribution is 8.23. The van der Waals surface area contributed by atoms with E-state index in [-0.39, 0.29) is 28.0 Å². The van der Waals surface area contributed by atoms with E-state index < -0.39 is 16.3 Å². The summed E-state index contributed by atoms with van der Waals surface area (Å²) in [6, 6.07) is 8.32. The van der Waals surface area contributed by atoms with Gasteiger partial charge in [-0.3, -0.25) is 13.9 Å². The zero-order valence-corrected chi connectivity index (χ0v) is 18.1. The summed E-state index contributed by atoms with van der Waals surface area (Å²) in [5.41, 5.74) is 0.152. The Kier molecular flexibility index (Phi) is 5.41. The number of aromatic nitrogens is 1. The molecule has 10 heteroatoms. The fraction of sp³-hybridized carbons (Fsp3) is 0.250. The molecular formula is C20H22N4O4S2. The molecule has 8 nitrogen and oxygen atoms in total. The van der Waals surface area contributed by atoms with Crippen LogP contribution in [0.15, 0.2) is 54.9 Å². The number of hydrogen-bond acceptors (Lipinski definition) is 8. The van der Waals surface area contributed by atoms with Crippen molar-refractivity contribution in [1.82, 2.24) is 4.68 Å². The number of aromatic hydroxyl groups is 1. The minimum Gasteiger partial charge on any atom is -0.505 e. The number of nitrogens with zero attached hydrogens (tertiary/aromatic N) is 3. The van der Waals surface area contributed by atoms with E-state index >= 15 is 0 Å². The molecule has 4 N–H and O–H groups in total. The van der Waals surface area contributed by atoms with Gasteiger partial charge in [0.25, 0.3) is 5.56 Å². The van der Waals surface area contributed by atoms with Gasteiger partial charge in [0.2, 0.25) is 0 Å². The maximum Gasteiger partial charge on any atom is 0.286 e. The summed E-state index contributed by atoms with van der Waals surface area (Å²) in [5, 5.41) is 20.0. The summed E-state index contributed by atoms with van der Waals surface area (Å²) in [4.78, 5) is 13.6. The van der Waals surface area contributed by atoms with E-state index in [1.54, 1.807) is 41.9 Å². The lowest BCUT2D eigenvalue weighted by atomic mass is 10.1. The maximum absolute atomic E-state index is 13.3. The first kappa shape index (κ1) is 20.6. The van der Waals surface area contributed by atoms with Crippen LogP contribution in [0, 0.1) is 5.92 Å². The van der Waals surface area contributed by atoms with Crippen molar-refractivity contribution in [3.05, 3.63) is 51.6 Å². The minimum atomic E-state index is -3.53. The van der Waals surface area contributed by atoms with E-state index in [1.807, 2.05) is 13.8 Å². The Balaban J connectivity index is 1.93. The molecule has 1 aromatic carbocycles. The lowest BCUT2D eigenvalue weighted by molar-refractivity contribution is 0.478. The molecule has 30 heavy (non-hydrogen) atoms. The van der Waals surface area contributed by atoms with Gasteiger partial charge in [0.05, 0.1) is 15.9 Å². The van der Waals surface area contributed by atoms with Crippen LogP contribution >= 0.6 is 22.1 Å². The second-order valence-corrected chi connectivity index (χ2v) is 9.47. The van der Waals surface area contributed by atoms with E-state index in [9.17, 15) is 19.0 Å². The Hall–Kier alpha value is -2.66. The van der Waals surface area contributed by atoms with E-state index in [2.05, 4.69) is 14.8 Å². The fourth-order valence-corrected chi connectivity index (χ4v) is 5.30. The van der Waals surface area contributed by atoms with Crippen LogP contribution in [0.4, 0.5) is 5.69 Å². The van der Waals surface area contributed by atoms with Crippen molar-refractivity contribution in [3.63, 3.8) is 0 Å². The monoisotopic (exact) mass is 446 g/mol. The van der Waals surface area contributed by atoms with Crippen molar-refractivity contribution in [1.29, 1.82) is 0 Å². The van der Waals surface area contributed by atoms with Crippen LogP contribution in [-0.2, 0) is 0 Å². The van der Waals surface area contributed by atoms with E-state index in [1.165, 1.54) is 16.0 Å². The Morgan fingerprint density at radius 3 is 2.73 bits per heavy atom. The molecule has 1 aliphatic rings. The maximum atomic E-state index is 13.3. The number of para-hydroxylation sites is 1.